The van der Waals surface area contributed by atoms with Crippen molar-refractivity contribution in [2.24, 2.45) is 0 Å². The maximum absolute atomic E-state index is 11.2. The molecule has 0 heterocycles. The molecule has 0 unspecified atom stereocenters. The predicted octanol–water partition coefficient (Wildman–Crippen LogP) is 1.51. The number of amides is 1. The Morgan fingerprint density at radius 2 is 1.88 bits per heavy atom. The number of nitrogens with zero attached hydrogens (tertiary/aromatic N) is 1. The van der Waals surface area contributed by atoms with E-state index < -0.39 is 10.8 Å². The molecule has 0 bridgehead atoms. The molecule has 0 aliphatic heterocycles. The summed E-state index contributed by atoms with van der Waals surface area (Å²) >= 11 is 0. The molecule has 0 aliphatic rings. The van der Waals surface area contributed by atoms with Crippen LogP contribution in [0.15, 0.2) is 24.3 Å². The van der Waals surface area contributed by atoms with Gasteiger partial charge in [0.25, 0.3) is 5.69 Å². The number of nitro groups is 1. The zero-order chi connectivity index (χ0) is 12.1. The van der Waals surface area contributed by atoms with E-state index in [9.17, 15) is 19.7 Å². The van der Waals surface area contributed by atoms with Crippen LogP contribution in [0.5, 0.6) is 0 Å². The van der Waals surface area contributed by atoms with Crippen LogP contribution in [0, 0.1) is 10.1 Å². The van der Waals surface area contributed by atoms with Crippen molar-refractivity contribution in [2.75, 3.05) is 5.32 Å². The molecule has 0 aromatic heterocycles. The highest BCUT2D eigenvalue weighted by molar-refractivity contribution is 6.03. The van der Waals surface area contributed by atoms with Gasteiger partial charge in [0, 0.05) is 17.8 Å². The van der Waals surface area contributed by atoms with E-state index in [1.54, 1.807) is 0 Å². The molecule has 16 heavy (non-hydrogen) atoms. The van der Waals surface area contributed by atoms with Gasteiger partial charge in [-0.15, -0.1) is 0 Å². The standard InChI is InChI=1S/C10H10N2O4/c1-7(13)6-10(14)11-8-2-4-9(5-3-8)12(15)16/h2-5H,6H2,1H3,(H,11,14). The molecule has 0 atom stereocenters. The smallest absolute Gasteiger partial charge is 0.269 e. The van der Waals surface area contributed by atoms with Crippen molar-refractivity contribution in [1.29, 1.82) is 0 Å². The normalized spacial score (nSPS) is 9.56. The summed E-state index contributed by atoms with van der Waals surface area (Å²) in [6.45, 7) is 1.31. The zero-order valence-electron chi connectivity index (χ0n) is 8.60. The SMILES string of the molecule is CC(=O)CC(=O)Nc1ccc([N+](=O)[O-])cc1. The quantitative estimate of drug-likeness (QED) is 0.475. The van der Waals surface area contributed by atoms with Crippen molar-refractivity contribution in [1.82, 2.24) is 0 Å². The summed E-state index contributed by atoms with van der Waals surface area (Å²) in [4.78, 5) is 31.6. The molecule has 0 fully saturated rings. The van der Waals surface area contributed by atoms with E-state index in [4.69, 9.17) is 0 Å². The van der Waals surface area contributed by atoms with Crippen LogP contribution in [0.3, 0.4) is 0 Å². The number of rotatable bonds is 4. The number of nitro benzene ring substituents is 1. The van der Waals surface area contributed by atoms with Crippen LogP contribution >= 0.6 is 0 Å². The minimum absolute atomic E-state index is 0.0513. The Hall–Kier alpha value is -2.24. The second kappa shape index (κ2) is 5.01. The van der Waals surface area contributed by atoms with Crippen molar-refractivity contribution in [3.05, 3.63) is 34.4 Å². The number of hydrogen-bond donors (Lipinski definition) is 1. The minimum atomic E-state index is -0.527. The number of hydrogen-bond acceptors (Lipinski definition) is 4. The van der Waals surface area contributed by atoms with E-state index in [-0.39, 0.29) is 17.9 Å². The number of ketones is 1. The fourth-order valence-electron chi connectivity index (χ4n) is 1.10. The maximum atomic E-state index is 11.2. The van der Waals surface area contributed by atoms with Gasteiger partial charge in [0.15, 0.2) is 0 Å². The van der Waals surface area contributed by atoms with Gasteiger partial charge in [0.2, 0.25) is 5.91 Å². The number of benzene rings is 1. The van der Waals surface area contributed by atoms with Crippen molar-refractivity contribution < 1.29 is 14.5 Å². The predicted molar refractivity (Wildman–Crippen MR) is 57.0 cm³/mol. The van der Waals surface area contributed by atoms with Gasteiger partial charge in [-0.05, 0) is 19.1 Å². The minimum Gasteiger partial charge on any atom is -0.326 e. The lowest BCUT2D eigenvalue weighted by Crippen LogP contribution is -2.14. The highest BCUT2D eigenvalue weighted by Crippen LogP contribution is 2.15. The van der Waals surface area contributed by atoms with E-state index in [1.807, 2.05) is 0 Å². The van der Waals surface area contributed by atoms with E-state index in [0.717, 1.165) is 0 Å². The monoisotopic (exact) mass is 222 g/mol. The molecule has 0 saturated heterocycles. The van der Waals surface area contributed by atoms with E-state index in [1.165, 1.54) is 31.2 Å². The van der Waals surface area contributed by atoms with Gasteiger partial charge >= 0.3 is 0 Å². The summed E-state index contributed by atoms with van der Waals surface area (Å²) in [5.41, 5.74) is 0.376. The first kappa shape index (κ1) is 11.8. The first-order valence-electron chi connectivity index (χ1n) is 4.53. The van der Waals surface area contributed by atoms with Crippen LogP contribution in [0.1, 0.15) is 13.3 Å². The molecular weight excluding hydrogens is 212 g/mol. The summed E-state index contributed by atoms with van der Waals surface area (Å²) < 4.78 is 0. The molecule has 1 amide bonds. The van der Waals surface area contributed by atoms with Crippen LogP contribution < -0.4 is 5.32 Å². The third-order valence-corrected chi connectivity index (χ3v) is 1.77. The average Bonchev–Trinajstić information content (AvgIpc) is 2.16. The molecule has 0 radical (unpaired) electrons. The third kappa shape index (κ3) is 3.49. The molecule has 84 valence electrons. The van der Waals surface area contributed by atoms with Gasteiger partial charge in [0.05, 0.1) is 11.3 Å². The third-order valence-electron chi connectivity index (χ3n) is 1.77. The summed E-state index contributed by atoms with van der Waals surface area (Å²) in [6, 6.07) is 5.39. The van der Waals surface area contributed by atoms with Gasteiger partial charge in [0.1, 0.15) is 5.78 Å². The van der Waals surface area contributed by atoms with Crippen LogP contribution in [0.4, 0.5) is 11.4 Å². The van der Waals surface area contributed by atoms with Crippen molar-refractivity contribution in [3.8, 4) is 0 Å². The summed E-state index contributed by atoms with van der Waals surface area (Å²) in [5.74, 6) is -0.666. The number of carbonyl (C=O) groups is 2. The fourth-order valence-corrected chi connectivity index (χ4v) is 1.10. The number of Topliss-reactive ketones (excluding diaryl/α,β-unsaturated/α-hetero) is 1. The second-order valence-corrected chi connectivity index (χ2v) is 3.23. The topological polar surface area (TPSA) is 89.3 Å². The lowest BCUT2D eigenvalue weighted by molar-refractivity contribution is -0.384. The van der Waals surface area contributed by atoms with E-state index in [0.29, 0.717) is 5.69 Å². The van der Waals surface area contributed by atoms with Gasteiger partial charge in [-0.25, -0.2) is 0 Å². The van der Waals surface area contributed by atoms with Crippen molar-refractivity contribution >= 4 is 23.1 Å². The van der Waals surface area contributed by atoms with Crippen LogP contribution in [-0.4, -0.2) is 16.6 Å². The van der Waals surface area contributed by atoms with Crippen LogP contribution in [0.25, 0.3) is 0 Å². The molecule has 0 spiro atoms. The summed E-state index contributed by atoms with van der Waals surface area (Å²) in [7, 11) is 0. The first-order valence-corrected chi connectivity index (χ1v) is 4.53. The van der Waals surface area contributed by atoms with Crippen LogP contribution in [0.2, 0.25) is 0 Å². The molecule has 0 saturated carbocycles. The number of nitrogens with one attached hydrogen (secondary N) is 1. The molecule has 1 N–H and O–H groups in total. The molecule has 0 aliphatic carbocycles. The Morgan fingerprint density at radius 1 is 1.31 bits per heavy atom. The Kier molecular flexibility index (Phi) is 3.71. The van der Waals surface area contributed by atoms with Crippen molar-refractivity contribution in [3.63, 3.8) is 0 Å². The lowest BCUT2D eigenvalue weighted by Gasteiger charge is -2.02. The zero-order valence-corrected chi connectivity index (χ0v) is 8.60. The molecule has 1 aromatic rings. The molecule has 6 nitrogen and oxygen atoms in total. The highest BCUT2D eigenvalue weighted by Gasteiger charge is 2.07. The number of non-ortho nitro benzene ring substituents is 1. The van der Waals surface area contributed by atoms with Gasteiger partial charge in [-0.3, -0.25) is 19.7 Å². The van der Waals surface area contributed by atoms with Crippen LogP contribution in [-0.2, 0) is 9.59 Å². The van der Waals surface area contributed by atoms with Gasteiger partial charge in [-0.2, -0.15) is 0 Å². The second-order valence-electron chi connectivity index (χ2n) is 3.23. The summed E-state index contributed by atoms with van der Waals surface area (Å²) in [5, 5.41) is 12.8. The maximum Gasteiger partial charge on any atom is 0.269 e. The largest absolute Gasteiger partial charge is 0.326 e. The van der Waals surface area contributed by atoms with E-state index >= 15 is 0 Å². The number of carbonyl (C=O) groups excluding carboxylic acids is 2. The molecule has 1 aromatic carbocycles. The molecule has 1 rings (SSSR count). The van der Waals surface area contributed by atoms with E-state index in [2.05, 4.69) is 5.32 Å². The lowest BCUT2D eigenvalue weighted by atomic mass is 10.2. The summed E-state index contributed by atoms with van der Waals surface area (Å²) in [6.07, 6.45) is -0.197. The Bertz CT molecular complexity index is 425. The Labute approximate surface area is 91.4 Å². The average molecular weight is 222 g/mol. The molecular formula is C10H10N2O4. The van der Waals surface area contributed by atoms with Gasteiger partial charge < -0.3 is 5.32 Å². The Morgan fingerprint density at radius 3 is 2.31 bits per heavy atom. The Balaban J connectivity index is 2.65. The number of anilines is 1. The molecule has 6 heteroatoms. The fraction of sp³-hybridized carbons (Fsp3) is 0.200. The van der Waals surface area contributed by atoms with Crippen molar-refractivity contribution in [2.45, 2.75) is 13.3 Å². The van der Waals surface area contributed by atoms with Gasteiger partial charge in [-0.1, -0.05) is 0 Å². The first-order chi connectivity index (χ1) is 7.49. The highest BCUT2D eigenvalue weighted by atomic mass is 16.6.